The first-order valence-corrected chi connectivity index (χ1v) is 9.44. The molecular formula is C21H20F2N4O5. The van der Waals surface area contributed by atoms with Crippen LogP contribution in [-0.4, -0.2) is 27.7 Å². The van der Waals surface area contributed by atoms with Crippen LogP contribution in [0.2, 0.25) is 0 Å². The average Bonchev–Trinajstić information content (AvgIpc) is 3.15. The van der Waals surface area contributed by atoms with Gasteiger partial charge in [-0.05, 0) is 44.2 Å². The maximum atomic E-state index is 12.9. The molecule has 0 aliphatic rings. The number of anilines is 1. The zero-order valence-corrected chi connectivity index (χ0v) is 17.4. The number of aryl methyl sites for hydroxylation is 1. The van der Waals surface area contributed by atoms with Crippen molar-refractivity contribution in [2.24, 2.45) is 0 Å². The number of carbonyl (C=O) groups is 1. The van der Waals surface area contributed by atoms with E-state index in [1.165, 1.54) is 43.0 Å². The van der Waals surface area contributed by atoms with Crippen molar-refractivity contribution < 1.29 is 28.0 Å². The number of methoxy groups -OCH3 is 1. The molecule has 1 aromatic heterocycles. The minimum Gasteiger partial charge on any atom is -0.497 e. The second-order valence-corrected chi connectivity index (χ2v) is 6.87. The van der Waals surface area contributed by atoms with Crippen molar-refractivity contribution in [1.82, 2.24) is 9.78 Å². The Labute approximate surface area is 181 Å². The van der Waals surface area contributed by atoms with Crippen molar-refractivity contribution in [2.75, 3.05) is 12.4 Å². The molecule has 0 radical (unpaired) electrons. The van der Waals surface area contributed by atoms with Gasteiger partial charge in [0.25, 0.3) is 12.1 Å². The maximum Gasteiger partial charge on any atom is 0.282 e. The molecule has 2 aromatic carbocycles. The Morgan fingerprint density at radius 1 is 1.12 bits per heavy atom. The second-order valence-electron chi connectivity index (χ2n) is 6.87. The van der Waals surface area contributed by atoms with Gasteiger partial charge in [0.2, 0.25) is 5.91 Å². The number of nitrogens with zero attached hydrogens (tertiary/aromatic N) is 3. The van der Waals surface area contributed by atoms with E-state index in [1.54, 1.807) is 31.2 Å². The van der Waals surface area contributed by atoms with Crippen LogP contribution in [0.25, 0.3) is 0 Å². The summed E-state index contributed by atoms with van der Waals surface area (Å²) in [4.78, 5) is 23.4. The molecule has 9 nitrogen and oxygen atoms in total. The number of hydrogen-bond acceptors (Lipinski definition) is 6. The van der Waals surface area contributed by atoms with Gasteiger partial charge in [-0.15, -0.1) is 0 Å². The number of carbonyl (C=O) groups excluding carboxylic acids is 1. The van der Waals surface area contributed by atoms with Crippen LogP contribution in [0, 0.1) is 17.0 Å². The smallest absolute Gasteiger partial charge is 0.282 e. The monoisotopic (exact) mass is 446 g/mol. The van der Waals surface area contributed by atoms with E-state index < -0.39 is 29.0 Å². The average molecular weight is 446 g/mol. The van der Waals surface area contributed by atoms with Crippen molar-refractivity contribution in [3.63, 3.8) is 0 Å². The van der Waals surface area contributed by atoms with Crippen molar-refractivity contribution in [3.05, 3.63) is 70.0 Å². The maximum absolute atomic E-state index is 12.9. The molecule has 1 heterocycles. The molecule has 32 heavy (non-hydrogen) atoms. The number of non-ortho nitro benzene ring substituents is 1. The second kappa shape index (κ2) is 9.41. The van der Waals surface area contributed by atoms with E-state index in [4.69, 9.17) is 9.47 Å². The summed E-state index contributed by atoms with van der Waals surface area (Å²) in [6.07, 6.45) is -2.76. The summed E-state index contributed by atoms with van der Waals surface area (Å²) in [5.74, 6) is 0.557. The van der Waals surface area contributed by atoms with E-state index in [0.717, 1.165) is 0 Å². The summed E-state index contributed by atoms with van der Waals surface area (Å²) in [7, 11) is 1.52. The zero-order valence-electron chi connectivity index (χ0n) is 17.4. The zero-order chi connectivity index (χ0) is 23.4. The minimum atomic E-state index is -2.76. The molecule has 1 unspecified atom stereocenters. The van der Waals surface area contributed by atoms with Gasteiger partial charge in [0, 0.05) is 17.8 Å². The number of rotatable bonds is 8. The number of ether oxygens (including phenoxy) is 2. The lowest BCUT2D eigenvalue weighted by molar-refractivity contribution is -0.384. The highest BCUT2D eigenvalue weighted by atomic mass is 19.3. The van der Waals surface area contributed by atoms with Crippen LogP contribution in [0.15, 0.2) is 48.5 Å². The minimum absolute atomic E-state index is 0.110. The first-order valence-electron chi connectivity index (χ1n) is 9.44. The number of halogens is 2. The summed E-state index contributed by atoms with van der Waals surface area (Å²) < 4.78 is 37.7. The summed E-state index contributed by atoms with van der Waals surface area (Å²) in [5, 5.41) is 17.7. The highest BCUT2D eigenvalue weighted by Crippen LogP contribution is 2.31. The highest BCUT2D eigenvalue weighted by Gasteiger charge is 2.22. The van der Waals surface area contributed by atoms with Crippen molar-refractivity contribution in [2.45, 2.75) is 26.3 Å². The highest BCUT2D eigenvalue weighted by molar-refractivity contribution is 5.94. The third kappa shape index (κ3) is 5.17. The standard InChI is InChI=1S/C21H20F2N4O5/c1-12-8-19(20(22)23)25-26(12)13(2)21(28)24-14-9-15(27(29)30)11-18(10-14)32-17-6-4-16(31-3)5-7-17/h4-11,13,20H,1-3H3,(H,24,28). The molecule has 1 amide bonds. The van der Waals surface area contributed by atoms with Gasteiger partial charge in [-0.3, -0.25) is 19.6 Å². The van der Waals surface area contributed by atoms with Crippen molar-refractivity contribution in [3.8, 4) is 17.2 Å². The van der Waals surface area contributed by atoms with E-state index in [2.05, 4.69) is 10.4 Å². The molecule has 0 aliphatic heterocycles. The molecule has 11 heteroatoms. The Hall–Kier alpha value is -4.02. The Morgan fingerprint density at radius 3 is 2.34 bits per heavy atom. The molecule has 0 aliphatic carbocycles. The number of nitro benzene ring substituents is 1. The largest absolute Gasteiger partial charge is 0.497 e. The molecule has 0 saturated carbocycles. The van der Waals surface area contributed by atoms with Crippen LogP contribution < -0.4 is 14.8 Å². The number of amides is 1. The van der Waals surface area contributed by atoms with Crippen LogP contribution >= 0.6 is 0 Å². The van der Waals surface area contributed by atoms with Crippen LogP contribution in [0.3, 0.4) is 0 Å². The Kier molecular flexibility index (Phi) is 6.67. The molecule has 0 fully saturated rings. The Bertz CT molecular complexity index is 1130. The third-order valence-electron chi connectivity index (χ3n) is 4.58. The lowest BCUT2D eigenvalue weighted by Crippen LogP contribution is -2.25. The summed E-state index contributed by atoms with van der Waals surface area (Å²) in [6, 6.07) is 10.6. The predicted molar refractivity (Wildman–Crippen MR) is 111 cm³/mol. The molecule has 1 N–H and O–H groups in total. The summed E-state index contributed by atoms with van der Waals surface area (Å²) in [5.41, 5.74) is -0.245. The number of hydrogen-bond donors (Lipinski definition) is 1. The molecule has 0 saturated heterocycles. The predicted octanol–water partition coefficient (Wildman–Crippen LogP) is 5.04. The van der Waals surface area contributed by atoms with E-state index >= 15 is 0 Å². The number of nitro groups is 1. The molecular weight excluding hydrogens is 426 g/mol. The lowest BCUT2D eigenvalue weighted by atomic mass is 10.2. The van der Waals surface area contributed by atoms with Crippen molar-refractivity contribution in [1.29, 1.82) is 0 Å². The van der Waals surface area contributed by atoms with Crippen molar-refractivity contribution >= 4 is 17.3 Å². The molecule has 3 rings (SSSR count). The fourth-order valence-corrected chi connectivity index (χ4v) is 2.97. The van der Waals surface area contributed by atoms with E-state index in [9.17, 15) is 23.7 Å². The van der Waals surface area contributed by atoms with Crippen LogP contribution in [0.4, 0.5) is 20.2 Å². The lowest BCUT2D eigenvalue weighted by Gasteiger charge is -2.15. The summed E-state index contributed by atoms with van der Waals surface area (Å²) >= 11 is 0. The van der Waals surface area contributed by atoms with Crippen LogP contribution in [0.5, 0.6) is 17.2 Å². The number of alkyl halides is 2. The molecule has 0 bridgehead atoms. The van der Waals surface area contributed by atoms with E-state index in [1.807, 2.05) is 0 Å². The number of nitrogens with one attached hydrogen (secondary N) is 1. The van der Waals surface area contributed by atoms with Gasteiger partial charge in [-0.25, -0.2) is 8.78 Å². The quantitative estimate of drug-likeness (QED) is 0.384. The number of benzene rings is 2. The fourth-order valence-electron chi connectivity index (χ4n) is 2.97. The van der Waals surface area contributed by atoms with Crippen LogP contribution in [0.1, 0.15) is 30.8 Å². The fraction of sp³-hybridized carbons (Fsp3) is 0.238. The van der Waals surface area contributed by atoms with Gasteiger partial charge in [0.15, 0.2) is 0 Å². The molecule has 3 aromatic rings. The third-order valence-corrected chi connectivity index (χ3v) is 4.58. The van der Waals surface area contributed by atoms with E-state index in [0.29, 0.717) is 17.2 Å². The normalized spacial score (nSPS) is 11.8. The van der Waals surface area contributed by atoms with Gasteiger partial charge >= 0.3 is 0 Å². The van der Waals surface area contributed by atoms with Gasteiger partial charge in [-0.1, -0.05) is 0 Å². The van der Waals surface area contributed by atoms with E-state index in [-0.39, 0.29) is 17.1 Å². The van der Waals surface area contributed by atoms with Gasteiger partial charge in [0.05, 0.1) is 23.8 Å². The topological polar surface area (TPSA) is 109 Å². The van der Waals surface area contributed by atoms with Crippen LogP contribution in [-0.2, 0) is 4.79 Å². The Morgan fingerprint density at radius 2 is 1.78 bits per heavy atom. The van der Waals surface area contributed by atoms with Gasteiger partial charge in [-0.2, -0.15) is 5.10 Å². The SMILES string of the molecule is COc1ccc(Oc2cc(NC(=O)C(C)n3nc(C(F)F)cc3C)cc([N+](=O)[O-])c2)cc1. The molecule has 0 spiro atoms. The summed E-state index contributed by atoms with van der Waals surface area (Å²) in [6.45, 7) is 3.04. The first kappa shape index (κ1) is 22.7. The number of aromatic nitrogens is 2. The van der Waals surface area contributed by atoms with Gasteiger partial charge in [0.1, 0.15) is 29.0 Å². The molecule has 168 valence electrons. The Balaban J connectivity index is 1.83. The molecule has 1 atom stereocenters. The first-order chi connectivity index (χ1) is 15.2. The van der Waals surface area contributed by atoms with Gasteiger partial charge < -0.3 is 14.8 Å².